The maximum Gasteiger partial charge on any atom is 0.261 e. The Morgan fingerprint density at radius 2 is 2.12 bits per heavy atom. The van der Waals surface area contributed by atoms with Gasteiger partial charge in [0.1, 0.15) is 17.1 Å². The molecule has 34 heavy (non-hydrogen) atoms. The van der Waals surface area contributed by atoms with Crippen LogP contribution >= 0.6 is 0 Å². The zero-order valence-electron chi connectivity index (χ0n) is 19.8. The first kappa shape index (κ1) is 21.1. The molecule has 2 aliphatic heterocycles. The van der Waals surface area contributed by atoms with E-state index in [-0.39, 0.29) is 23.0 Å². The lowest BCUT2D eigenvalue weighted by Crippen LogP contribution is -2.45. The molecule has 3 aliphatic rings. The van der Waals surface area contributed by atoms with E-state index in [1.54, 1.807) is 23.1 Å². The maximum atomic E-state index is 13.4. The van der Waals surface area contributed by atoms with E-state index in [0.717, 1.165) is 36.2 Å². The molecule has 6 heterocycles. The number of ether oxygens (including phenoxy) is 2. The van der Waals surface area contributed by atoms with Gasteiger partial charge in [0.2, 0.25) is 0 Å². The van der Waals surface area contributed by atoms with Crippen LogP contribution in [-0.4, -0.2) is 48.2 Å². The molecule has 9 nitrogen and oxygen atoms in total. The standard InChI is InChI=1S/C25H28N6O3/c1-5-16(3)34-19-6-21-29-20(25-12-24(4,13-25)33-14-25)11-30(21)10-17(19)23(32)28-18-8-27-31-9-15(2)7-26-22(18)31/h6-11,16H,5,12-14H2,1-4H3,(H,28,32)/t16-,24?,25?/m1/s1. The highest BCUT2D eigenvalue weighted by Gasteiger charge is 2.61. The molecule has 2 saturated heterocycles. The summed E-state index contributed by atoms with van der Waals surface area (Å²) in [4.78, 5) is 22.7. The van der Waals surface area contributed by atoms with Gasteiger partial charge in [0, 0.05) is 36.3 Å². The van der Waals surface area contributed by atoms with E-state index in [2.05, 4.69) is 29.2 Å². The van der Waals surface area contributed by atoms with Crippen molar-refractivity contribution in [3.05, 3.63) is 53.9 Å². The zero-order chi connectivity index (χ0) is 23.7. The Morgan fingerprint density at radius 3 is 2.85 bits per heavy atom. The Balaban J connectivity index is 1.37. The van der Waals surface area contributed by atoms with Gasteiger partial charge in [-0.05, 0) is 45.6 Å². The van der Waals surface area contributed by atoms with Crippen LogP contribution in [0.3, 0.4) is 0 Å². The van der Waals surface area contributed by atoms with Gasteiger partial charge in [-0.15, -0.1) is 0 Å². The van der Waals surface area contributed by atoms with Crippen molar-refractivity contribution >= 4 is 22.9 Å². The van der Waals surface area contributed by atoms with Gasteiger partial charge in [-0.1, -0.05) is 6.92 Å². The van der Waals surface area contributed by atoms with Crippen LogP contribution in [-0.2, 0) is 10.2 Å². The first-order chi connectivity index (χ1) is 16.3. The average Bonchev–Trinajstić information content (AvgIpc) is 3.54. The van der Waals surface area contributed by atoms with E-state index >= 15 is 0 Å². The van der Waals surface area contributed by atoms with Crippen molar-refractivity contribution in [2.75, 3.05) is 11.9 Å². The van der Waals surface area contributed by atoms with E-state index in [9.17, 15) is 4.79 Å². The SMILES string of the molecule is CC[C@@H](C)Oc1cc2nc(C34COC(C)(C3)C4)cn2cc1C(=O)Nc1cnn2cc(C)cnc12. The van der Waals surface area contributed by atoms with Crippen molar-refractivity contribution in [1.82, 2.24) is 24.0 Å². The quantitative estimate of drug-likeness (QED) is 0.468. The predicted molar refractivity (Wildman–Crippen MR) is 127 cm³/mol. The van der Waals surface area contributed by atoms with E-state index in [1.807, 2.05) is 36.7 Å². The molecular weight excluding hydrogens is 432 g/mol. The normalized spacial score (nSPS) is 24.4. The third-order valence-electron chi connectivity index (χ3n) is 7.10. The number of pyridine rings is 1. The Bertz CT molecular complexity index is 1430. The summed E-state index contributed by atoms with van der Waals surface area (Å²) in [7, 11) is 0. The average molecular weight is 461 g/mol. The van der Waals surface area contributed by atoms with Crippen molar-refractivity contribution in [3.63, 3.8) is 0 Å². The Kier molecular flexibility index (Phi) is 4.51. The number of rotatable bonds is 6. The highest BCUT2D eigenvalue weighted by molar-refractivity contribution is 6.07. The highest BCUT2D eigenvalue weighted by Crippen LogP contribution is 2.58. The summed E-state index contributed by atoms with van der Waals surface area (Å²) in [6, 6.07) is 1.85. The second-order valence-electron chi connectivity index (χ2n) is 10.1. The third-order valence-corrected chi connectivity index (χ3v) is 7.10. The summed E-state index contributed by atoms with van der Waals surface area (Å²) >= 11 is 0. The number of hydrogen-bond donors (Lipinski definition) is 1. The predicted octanol–water partition coefficient (Wildman–Crippen LogP) is 3.94. The second kappa shape index (κ2) is 7.27. The van der Waals surface area contributed by atoms with Crippen molar-refractivity contribution in [3.8, 4) is 5.75 Å². The van der Waals surface area contributed by atoms with Gasteiger partial charge in [0.05, 0.1) is 35.8 Å². The fraction of sp³-hybridized carbons (Fsp3) is 0.440. The molecule has 3 fully saturated rings. The van der Waals surface area contributed by atoms with Gasteiger partial charge in [-0.3, -0.25) is 4.79 Å². The van der Waals surface area contributed by atoms with Gasteiger partial charge in [0.15, 0.2) is 5.65 Å². The number of carbonyl (C=O) groups excluding carboxylic acids is 1. The number of aryl methyl sites for hydroxylation is 1. The maximum absolute atomic E-state index is 13.4. The summed E-state index contributed by atoms with van der Waals surface area (Å²) in [6.07, 6.45) is 11.8. The molecule has 2 bridgehead atoms. The summed E-state index contributed by atoms with van der Waals surface area (Å²) in [5, 5.41) is 7.27. The minimum atomic E-state index is -0.286. The minimum Gasteiger partial charge on any atom is -0.490 e. The molecule has 0 unspecified atom stereocenters. The Labute approximate surface area is 197 Å². The van der Waals surface area contributed by atoms with E-state index in [1.165, 1.54) is 0 Å². The van der Waals surface area contributed by atoms with Crippen LogP contribution in [0.2, 0.25) is 0 Å². The van der Waals surface area contributed by atoms with Crippen molar-refractivity contribution in [2.24, 2.45) is 0 Å². The molecule has 9 heteroatoms. The van der Waals surface area contributed by atoms with Crippen LogP contribution in [0.15, 0.2) is 37.1 Å². The molecule has 7 rings (SSSR count). The minimum absolute atomic E-state index is 0.0212. The number of anilines is 1. The number of nitrogens with zero attached hydrogens (tertiary/aromatic N) is 5. The van der Waals surface area contributed by atoms with Crippen LogP contribution in [0.25, 0.3) is 11.3 Å². The van der Waals surface area contributed by atoms with E-state index in [4.69, 9.17) is 14.5 Å². The molecule has 4 aromatic heterocycles. The summed E-state index contributed by atoms with van der Waals surface area (Å²) in [6.45, 7) is 8.84. The van der Waals surface area contributed by atoms with E-state index in [0.29, 0.717) is 29.3 Å². The first-order valence-corrected chi connectivity index (χ1v) is 11.7. The molecule has 0 radical (unpaired) electrons. The number of hydrogen-bond acceptors (Lipinski definition) is 6. The van der Waals surface area contributed by atoms with Crippen LogP contribution in [0.4, 0.5) is 5.69 Å². The monoisotopic (exact) mass is 460 g/mol. The third kappa shape index (κ3) is 3.26. The van der Waals surface area contributed by atoms with Gasteiger partial charge in [-0.2, -0.15) is 5.10 Å². The molecule has 176 valence electrons. The Morgan fingerprint density at radius 1 is 1.29 bits per heavy atom. The molecule has 1 amide bonds. The van der Waals surface area contributed by atoms with Crippen molar-refractivity contribution < 1.29 is 14.3 Å². The summed E-state index contributed by atoms with van der Waals surface area (Å²) < 4.78 is 15.7. The number of imidazole rings is 1. The number of amides is 1. The first-order valence-electron chi connectivity index (χ1n) is 11.7. The molecular formula is C25H28N6O3. The molecule has 1 aliphatic carbocycles. The lowest BCUT2D eigenvalue weighted by Gasteiger charge is -2.41. The van der Waals surface area contributed by atoms with Gasteiger partial charge >= 0.3 is 0 Å². The van der Waals surface area contributed by atoms with Crippen LogP contribution in [0.1, 0.15) is 61.6 Å². The fourth-order valence-corrected chi connectivity index (χ4v) is 5.24. The van der Waals surface area contributed by atoms with Gasteiger partial charge in [-0.25, -0.2) is 14.5 Å². The van der Waals surface area contributed by atoms with Crippen LogP contribution in [0.5, 0.6) is 5.75 Å². The van der Waals surface area contributed by atoms with Gasteiger partial charge in [0.25, 0.3) is 5.91 Å². The van der Waals surface area contributed by atoms with E-state index < -0.39 is 0 Å². The fourth-order valence-electron chi connectivity index (χ4n) is 5.24. The van der Waals surface area contributed by atoms with Crippen LogP contribution < -0.4 is 10.1 Å². The largest absolute Gasteiger partial charge is 0.490 e. The summed E-state index contributed by atoms with van der Waals surface area (Å²) in [5.74, 6) is 0.224. The lowest BCUT2D eigenvalue weighted by atomic mass is 9.62. The van der Waals surface area contributed by atoms with Gasteiger partial charge < -0.3 is 19.2 Å². The summed E-state index contributed by atoms with van der Waals surface area (Å²) in [5.41, 5.74) is 4.27. The smallest absolute Gasteiger partial charge is 0.261 e. The molecule has 0 spiro atoms. The molecule has 1 atom stereocenters. The number of aromatic nitrogens is 5. The lowest BCUT2D eigenvalue weighted by molar-refractivity contribution is 0.0154. The molecule has 0 aromatic carbocycles. The molecule has 1 saturated carbocycles. The number of carbonyl (C=O) groups is 1. The zero-order valence-corrected chi connectivity index (χ0v) is 19.8. The number of nitrogens with one attached hydrogen (secondary N) is 1. The highest BCUT2D eigenvalue weighted by atomic mass is 16.5. The van der Waals surface area contributed by atoms with Crippen molar-refractivity contribution in [2.45, 2.75) is 64.1 Å². The second-order valence-corrected chi connectivity index (χ2v) is 10.1. The van der Waals surface area contributed by atoms with Crippen LogP contribution in [0, 0.1) is 6.92 Å². The topological polar surface area (TPSA) is 95.0 Å². The molecule has 4 aromatic rings. The molecule has 1 N–H and O–H groups in total. The number of fused-ring (bicyclic) bond motifs is 3. The Hall–Kier alpha value is -3.46. The van der Waals surface area contributed by atoms with Crippen molar-refractivity contribution in [1.29, 1.82) is 0 Å².